The molecule has 2 rings (SSSR count). The third-order valence-electron chi connectivity index (χ3n) is 3.45. The largest absolute Gasteiger partial charge is 0.344 e. The van der Waals surface area contributed by atoms with Crippen molar-refractivity contribution in [3.63, 3.8) is 0 Å². The second kappa shape index (κ2) is 5.64. The van der Waals surface area contributed by atoms with Gasteiger partial charge in [-0.05, 0) is 38.3 Å². The number of rotatable bonds is 4. The molecule has 1 saturated carbocycles. The molecule has 1 heterocycles. The van der Waals surface area contributed by atoms with Crippen molar-refractivity contribution >= 4 is 5.91 Å². The van der Waals surface area contributed by atoms with Gasteiger partial charge in [0.05, 0.1) is 6.54 Å². The number of amides is 1. The molecule has 1 aliphatic carbocycles. The number of hydrogen-bond acceptors (Lipinski definition) is 3. The Hall–Kier alpha value is -0.610. The Balaban J connectivity index is 1.71. The number of carbonyl (C=O) groups excluding carboxylic acids is 1. The van der Waals surface area contributed by atoms with E-state index in [-0.39, 0.29) is 5.91 Å². The third kappa shape index (κ3) is 3.76. The van der Waals surface area contributed by atoms with Gasteiger partial charge < -0.3 is 10.2 Å². The van der Waals surface area contributed by atoms with E-state index in [0.717, 1.165) is 45.1 Å². The summed E-state index contributed by atoms with van der Waals surface area (Å²) in [5, 5.41) is 3.36. The monoisotopic (exact) mass is 225 g/mol. The first-order valence-electron chi connectivity index (χ1n) is 6.43. The molecule has 2 aliphatic rings. The van der Waals surface area contributed by atoms with E-state index in [2.05, 4.69) is 10.2 Å². The Kier molecular flexibility index (Phi) is 4.18. The molecule has 1 N–H and O–H groups in total. The summed E-state index contributed by atoms with van der Waals surface area (Å²) in [6.45, 7) is 5.72. The van der Waals surface area contributed by atoms with Crippen LogP contribution in [0.15, 0.2) is 0 Å². The fourth-order valence-electron chi connectivity index (χ4n) is 2.16. The quantitative estimate of drug-likeness (QED) is 0.740. The second-order valence-electron chi connectivity index (χ2n) is 5.10. The lowest BCUT2D eigenvalue weighted by molar-refractivity contribution is -0.131. The van der Waals surface area contributed by atoms with E-state index in [1.165, 1.54) is 12.8 Å². The number of hydrogen-bond donors (Lipinski definition) is 1. The lowest BCUT2D eigenvalue weighted by atomic mass is 10.3. The van der Waals surface area contributed by atoms with Gasteiger partial charge in [0.1, 0.15) is 0 Å². The molecular weight excluding hydrogens is 202 g/mol. The Morgan fingerprint density at radius 1 is 1.38 bits per heavy atom. The average molecular weight is 225 g/mol. The zero-order valence-electron chi connectivity index (χ0n) is 10.2. The highest BCUT2D eigenvalue weighted by Crippen LogP contribution is 2.29. The molecule has 92 valence electrons. The predicted octanol–water partition coefficient (Wildman–Crippen LogP) is 0.150. The molecule has 0 atom stereocenters. The molecule has 4 nitrogen and oxygen atoms in total. The van der Waals surface area contributed by atoms with Gasteiger partial charge in [0.15, 0.2) is 0 Å². The highest BCUT2D eigenvalue weighted by Gasteiger charge is 2.25. The van der Waals surface area contributed by atoms with Crippen molar-refractivity contribution < 1.29 is 4.79 Å². The van der Waals surface area contributed by atoms with Crippen molar-refractivity contribution in [3.8, 4) is 0 Å². The van der Waals surface area contributed by atoms with E-state index in [1.54, 1.807) is 0 Å². The van der Waals surface area contributed by atoms with E-state index in [0.29, 0.717) is 6.54 Å². The van der Waals surface area contributed by atoms with Crippen LogP contribution in [0.4, 0.5) is 0 Å². The molecule has 0 spiro atoms. The zero-order chi connectivity index (χ0) is 11.4. The van der Waals surface area contributed by atoms with Gasteiger partial charge in [0.2, 0.25) is 5.91 Å². The van der Waals surface area contributed by atoms with Gasteiger partial charge >= 0.3 is 0 Å². The highest BCUT2D eigenvalue weighted by molar-refractivity contribution is 5.78. The summed E-state index contributed by atoms with van der Waals surface area (Å²) in [7, 11) is 1.94. The van der Waals surface area contributed by atoms with E-state index in [9.17, 15) is 4.79 Å². The molecule has 1 saturated heterocycles. The molecule has 4 heteroatoms. The van der Waals surface area contributed by atoms with Gasteiger partial charge in [0, 0.05) is 26.7 Å². The van der Waals surface area contributed by atoms with Crippen LogP contribution < -0.4 is 5.32 Å². The molecule has 1 aliphatic heterocycles. The minimum atomic E-state index is 0.286. The summed E-state index contributed by atoms with van der Waals surface area (Å²) in [4.78, 5) is 16.1. The molecule has 0 unspecified atom stereocenters. The third-order valence-corrected chi connectivity index (χ3v) is 3.45. The smallest absolute Gasteiger partial charge is 0.236 e. The van der Waals surface area contributed by atoms with Crippen molar-refractivity contribution in [1.82, 2.24) is 15.1 Å². The average Bonchev–Trinajstić information content (AvgIpc) is 3.05. The van der Waals surface area contributed by atoms with Crippen molar-refractivity contribution in [2.45, 2.75) is 19.3 Å². The SMILES string of the molecule is CN(CC1CC1)C(=O)CN1CCCNCC1. The highest BCUT2D eigenvalue weighted by atomic mass is 16.2. The Morgan fingerprint density at radius 2 is 2.19 bits per heavy atom. The Labute approximate surface area is 98.0 Å². The van der Waals surface area contributed by atoms with E-state index >= 15 is 0 Å². The normalized spacial score (nSPS) is 22.8. The molecule has 0 bridgehead atoms. The number of carbonyl (C=O) groups is 1. The molecule has 0 radical (unpaired) electrons. The van der Waals surface area contributed by atoms with Gasteiger partial charge in [-0.3, -0.25) is 9.69 Å². The molecule has 0 aromatic heterocycles. The maximum absolute atomic E-state index is 12.0. The number of nitrogens with one attached hydrogen (secondary N) is 1. The lowest BCUT2D eigenvalue weighted by Crippen LogP contribution is -2.40. The van der Waals surface area contributed by atoms with Crippen molar-refractivity contribution in [1.29, 1.82) is 0 Å². The van der Waals surface area contributed by atoms with Crippen LogP contribution in [0.25, 0.3) is 0 Å². The number of likely N-dealkylation sites (N-methyl/N-ethyl adjacent to an activating group) is 1. The summed E-state index contributed by atoms with van der Waals surface area (Å²) < 4.78 is 0. The van der Waals surface area contributed by atoms with Gasteiger partial charge in [-0.2, -0.15) is 0 Å². The standard InChI is InChI=1S/C12H23N3O/c1-14(9-11-3-4-11)12(16)10-15-7-2-5-13-6-8-15/h11,13H,2-10H2,1H3. The van der Waals surface area contributed by atoms with Crippen LogP contribution >= 0.6 is 0 Å². The van der Waals surface area contributed by atoms with E-state index in [1.807, 2.05) is 11.9 Å². The van der Waals surface area contributed by atoms with Gasteiger partial charge in [-0.15, -0.1) is 0 Å². The minimum absolute atomic E-state index is 0.286. The Morgan fingerprint density at radius 3 is 2.94 bits per heavy atom. The summed E-state index contributed by atoms with van der Waals surface area (Å²) in [5.74, 6) is 1.08. The lowest BCUT2D eigenvalue weighted by Gasteiger charge is -2.23. The summed E-state index contributed by atoms with van der Waals surface area (Å²) in [5.41, 5.74) is 0. The fourth-order valence-corrected chi connectivity index (χ4v) is 2.16. The predicted molar refractivity (Wildman–Crippen MR) is 64.3 cm³/mol. The number of nitrogens with zero attached hydrogens (tertiary/aromatic N) is 2. The van der Waals surface area contributed by atoms with Crippen LogP contribution in [0.3, 0.4) is 0 Å². The van der Waals surface area contributed by atoms with Crippen LogP contribution in [-0.4, -0.2) is 62.0 Å². The first kappa shape index (κ1) is 11.9. The van der Waals surface area contributed by atoms with E-state index < -0.39 is 0 Å². The molecular formula is C12H23N3O. The minimum Gasteiger partial charge on any atom is -0.344 e. The first-order valence-corrected chi connectivity index (χ1v) is 6.43. The molecule has 1 amide bonds. The van der Waals surface area contributed by atoms with Gasteiger partial charge in [-0.25, -0.2) is 0 Å². The Bertz CT molecular complexity index is 232. The zero-order valence-corrected chi connectivity index (χ0v) is 10.2. The van der Waals surface area contributed by atoms with Crippen molar-refractivity contribution in [2.75, 3.05) is 46.3 Å². The maximum atomic E-state index is 12.0. The maximum Gasteiger partial charge on any atom is 0.236 e. The van der Waals surface area contributed by atoms with Crippen molar-refractivity contribution in [2.24, 2.45) is 5.92 Å². The van der Waals surface area contributed by atoms with Crippen LogP contribution in [-0.2, 0) is 4.79 Å². The van der Waals surface area contributed by atoms with Crippen molar-refractivity contribution in [3.05, 3.63) is 0 Å². The summed E-state index contributed by atoms with van der Waals surface area (Å²) in [6, 6.07) is 0. The van der Waals surface area contributed by atoms with Gasteiger partial charge in [0.25, 0.3) is 0 Å². The second-order valence-corrected chi connectivity index (χ2v) is 5.10. The summed E-state index contributed by atoms with van der Waals surface area (Å²) in [6.07, 6.45) is 3.77. The molecule has 16 heavy (non-hydrogen) atoms. The summed E-state index contributed by atoms with van der Waals surface area (Å²) >= 11 is 0. The molecule has 0 aromatic rings. The van der Waals surface area contributed by atoms with Crippen LogP contribution in [0.1, 0.15) is 19.3 Å². The molecule has 0 aromatic carbocycles. The van der Waals surface area contributed by atoms with Gasteiger partial charge in [-0.1, -0.05) is 0 Å². The van der Waals surface area contributed by atoms with Crippen LogP contribution in [0.5, 0.6) is 0 Å². The van der Waals surface area contributed by atoms with E-state index in [4.69, 9.17) is 0 Å². The molecule has 2 fully saturated rings. The van der Waals surface area contributed by atoms with Crippen LogP contribution in [0.2, 0.25) is 0 Å². The van der Waals surface area contributed by atoms with Crippen LogP contribution in [0, 0.1) is 5.92 Å². The first-order chi connectivity index (χ1) is 7.75. The fraction of sp³-hybridized carbons (Fsp3) is 0.917. The topological polar surface area (TPSA) is 35.6 Å².